The van der Waals surface area contributed by atoms with Crippen molar-refractivity contribution in [3.63, 3.8) is 0 Å². The third kappa shape index (κ3) is 3.48. The van der Waals surface area contributed by atoms with Gasteiger partial charge in [-0.15, -0.1) is 0 Å². The fourth-order valence-corrected chi connectivity index (χ4v) is 3.38. The number of rotatable bonds is 3. The Morgan fingerprint density at radius 3 is 2.18 bits per heavy atom. The molecule has 0 aliphatic heterocycles. The summed E-state index contributed by atoms with van der Waals surface area (Å²) in [7, 11) is 0. The zero-order chi connectivity index (χ0) is 16.5. The predicted octanol–water partition coefficient (Wildman–Crippen LogP) is 5.62. The van der Waals surface area contributed by atoms with Crippen LogP contribution in [0.4, 0.5) is 4.39 Å². The van der Waals surface area contributed by atoms with Crippen LogP contribution in [-0.4, -0.2) is 12.0 Å². The quantitative estimate of drug-likeness (QED) is 0.523. The van der Waals surface area contributed by atoms with Crippen LogP contribution < -0.4 is 0 Å². The van der Waals surface area contributed by atoms with E-state index in [0.29, 0.717) is 18.4 Å². The standard InChI is InChI=1S/C20H27FO/c1-13-11-16(18(22)15-9-7-6-8-10-15)17(12-14(13)2)19(21)20(3,4)5/h6-10,16-17,19H,11-12H2,1-5H3/t16-,17-,19-/m1/s1. The van der Waals surface area contributed by atoms with E-state index in [2.05, 4.69) is 13.8 Å². The molecule has 0 N–H and O–H groups in total. The van der Waals surface area contributed by atoms with Crippen molar-refractivity contribution in [1.82, 2.24) is 0 Å². The molecule has 1 aliphatic rings. The number of hydrogen-bond acceptors (Lipinski definition) is 1. The van der Waals surface area contributed by atoms with Crippen LogP contribution in [0.5, 0.6) is 0 Å². The van der Waals surface area contributed by atoms with E-state index in [4.69, 9.17) is 0 Å². The first-order valence-electron chi connectivity index (χ1n) is 8.10. The van der Waals surface area contributed by atoms with E-state index in [0.717, 1.165) is 0 Å². The summed E-state index contributed by atoms with van der Waals surface area (Å²) >= 11 is 0. The molecular formula is C20H27FO. The molecule has 120 valence electrons. The van der Waals surface area contributed by atoms with E-state index in [1.807, 2.05) is 51.1 Å². The highest BCUT2D eigenvalue weighted by Crippen LogP contribution is 2.43. The molecule has 2 rings (SSSR count). The lowest BCUT2D eigenvalue weighted by atomic mass is 9.67. The van der Waals surface area contributed by atoms with Crippen molar-refractivity contribution in [1.29, 1.82) is 0 Å². The van der Waals surface area contributed by atoms with Crippen LogP contribution in [0.25, 0.3) is 0 Å². The Bertz CT molecular complexity index is 565. The topological polar surface area (TPSA) is 17.1 Å². The highest BCUT2D eigenvalue weighted by Gasteiger charge is 2.42. The molecule has 0 amide bonds. The van der Waals surface area contributed by atoms with Gasteiger partial charge in [0.25, 0.3) is 0 Å². The number of allylic oxidation sites excluding steroid dienone is 2. The van der Waals surface area contributed by atoms with Crippen molar-refractivity contribution in [2.75, 3.05) is 0 Å². The minimum Gasteiger partial charge on any atom is -0.294 e. The van der Waals surface area contributed by atoms with Gasteiger partial charge >= 0.3 is 0 Å². The lowest BCUT2D eigenvalue weighted by Gasteiger charge is -2.39. The molecule has 1 aliphatic carbocycles. The van der Waals surface area contributed by atoms with Gasteiger partial charge in [-0.3, -0.25) is 4.79 Å². The number of benzene rings is 1. The summed E-state index contributed by atoms with van der Waals surface area (Å²) in [5.74, 6) is -0.388. The summed E-state index contributed by atoms with van der Waals surface area (Å²) in [4.78, 5) is 12.9. The van der Waals surface area contributed by atoms with Crippen molar-refractivity contribution >= 4 is 5.78 Å². The van der Waals surface area contributed by atoms with Gasteiger partial charge in [-0.25, -0.2) is 4.39 Å². The molecule has 1 aromatic carbocycles. The van der Waals surface area contributed by atoms with Gasteiger partial charge in [0.1, 0.15) is 6.17 Å². The number of carbonyl (C=O) groups excluding carboxylic acids is 1. The lowest BCUT2D eigenvalue weighted by molar-refractivity contribution is 0.0488. The normalized spacial score (nSPS) is 24.3. The lowest BCUT2D eigenvalue weighted by Crippen LogP contribution is -2.40. The summed E-state index contributed by atoms with van der Waals surface area (Å²) < 4.78 is 15.0. The van der Waals surface area contributed by atoms with Gasteiger partial charge in [0.15, 0.2) is 5.78 Å². The summed E-state index contributed by atoms with van der Waals surface area (Å²) in [5.41, 5.74) is 2.75. The fourth-order valence-electron chi connectivity index (χ4n) is 3.38. The number of halogens is 1. The largest absolute Gasteiger partial charge is 0.294 e. The molecule has 0 spiro atoms. The van der Waals surface area contributed by atoms with Gasteiger partial charge in [-0.1, -0.05) is 62.2 Å². The molecular weight excluding hydrogens is 275 g/mol. The molecule has 0 unspecified atom stereocenters. The van der Waals surface area contributed by atoms with E-state index in [1.165, 1.54) is 11.1 Å². The number of ketones is 1. The van der Waals surface area contributed by atoms with Gasteiger partial charge in [0, 0.05) is 17.4 Å². The summed E-state index contributed by atoms with van der Waals surface area (Å²) in [6, 6.07) is 9.32. The molecule has 0 radical (unpaired) electrons. The van der Waals surface area contributed by atoms with Crippen LogP contribution in [0.2, 0.25) is 0 Å². The molecule has 1 aromatic rings. The third-order valence-corrected chi connectivity index (χ3v) is 4.91. The highest BCUT2D eigenvalue weighted by molar-refractivity contribution is 5.98. The Hall–Kier alpha value is -1.44. The Balaban J connectivity index is 2.35. The molecule has 0 heterocycles. The van der Waals surface area contributed by atoms with Crippen LogP contribution in [-0.2, 0) is 0 Å². The Morgan fingerprint density at radius 2 is 1.64 bits per heavy atom. The molecule has 0 fully saturated rings. The first-order chi connectivity index (χ1) is 10.2. The van der Waals surface area contributed by atoms with Crippen molar-refractivity contribution < 1.29 is 9.18 Å². The zero-order valence-electron chi connectivity index (χ0n) is 14.3. The third-order valence-electron chi connectivity index (χ3n) is 4.91. The first kappa shape index (κ1) is 16.9. The second-order valence-electron chi connectivity index (χ2n) is 7.74. The van der Waals surface area contributed by atoms with Gasteiger partial charge in [-0.05, 0) is 32.1 Å². The summed E-state index contributed by atoms with van der Waals surface area (Å²) in [5, 5.41) is 0. The summed E-state index contributed by atoms with van der Waals surface area (Å²) in [6.07, 6.45) is 0.391. The van der Waals surface area contributed by atoms with Crippen molar-refractivity contribution in [3.8, 4) is 0 Å². The Labute approximate surface area is 133 Å². The van der Waals surface area contributed by atoms with E-state index in [9.17, 15) is 4.79 Å². The van der Waals surface area contributed by atoms with E-state index < -0.39 is 11.6 Å². The van der Waals surface area contributed by atoms with Gasteiger partial charge in [0.2, 0.25) is 0 Å². The molecule has 0 bridgehead atoms. The molecule has 0 saturated heterocycles. The first-order valence-corrected chi connectivity index (χ1v) is 8.10. The van der Waals surface area contributed by atoms with Crippen molar-refractivity contribution in [3.05, 3.63) is 47.0 Å². The minimum atomic E-state index is -0.979. The highest BCUT2D eigenvalue weighted by atomic mass is 19.1. The van der Waals surface area contributed by atoms with Gasteiger partial charge < -0.3 is 0 Å². The number of alkyl halides is 1. The maximum absolute atomic E-state index is 15.0. The monoisotopic (exact) mass is 302 g/mol. The molecule has 3 atom stereocenters. The zero-order valence-corrected chi connectivity index (χ0v) is 14.3. The Morgan fingerprint density at radius 1 is 1.09 bits per heavy atom. The molecule has 22 heavy (non-hydrogen) atoms. The second-order valence-corrected chi connectivity index (χ2v) is 7.74. The van der Waals surface area contributed by atoms with Crippen molar-refractivity contribution in [2.24, 2.45) is 17.3 Å². The number of Topliss-reactive ketones (excluding diaryl/α,β-unsaturated/α-hetero) is 1. The molecule has 0 aromatic heterocycles. The van der Waals surface area contributed by atoms with Crippen LogP contribution in [0.1, 0.15) is 57.8 Å². The maximum atomic E-state index is 15.0. The van der Waals surface area contributed by atoms with E-state index in [1.54, 1.807) is 0 Å². The maximum Gasteiger partial charge on any atom is 0.166 e. The van der Waals surface area contributed by atoms with E-state index in [-0.39, 0.29) is 17.6 Å². The number of carbonyl (C=O) groups is 1. The van der Waals surface area contributed by atoms with Crippen LogP contribution in [0, 0.1) is 17.3 Å². The smallest absolute Gasteiger partial charge is 0.166 e. The second kappa shape index (κ2) is 6.36. The van der Waals surface area contributed by atoms with Crippen LogP contribution in [0.3, 0.4) is 0 Å². The van der Waals surface area contributed by atoms with Crippen LogP contribution >= 0.6 is 0 Å². The van der Waals surface area contributed by atoms with Gasteiger partial charge in [0.05, 0.1) is 0 Å². The SMILES string of the molecule is CC1=C(C)C[C@@H](C(=O)c2ccccc2)[C@H]([C@@H](F)C(C)(C)C)C1. The number of hydrogen-bond donors (Lipinski definition) is 0. The van der Waals surface area contributed by atoms with Crippen molar-refractivity contribution in [2.45, 2.75) is 53.6 Å². The molecule has 1 nitrogen and oxygen atoms in total. The van der Waals surface area contributed by atoms with E-state index >= 15 is 4.39 Å². The average molecular weight is 302 g/mol. The predicted molar refractivity (Wildman–Crippen MR) is 89.7 cm³/mol. The van der Waals surface area contributed by atoms with Gasteiger partial charge in [-0.2, -0.15) is 0 Å². The molecule has 2 heteroatoms. The molecule has 0 saturated carbocycles. The Kier molecular flexibility index (Phi) is 4.89. The van der Waals surface area contributed by atoms with Crippen LogP contribution in [0.15, 0.2) is 41.5 Å². The average Bonchev–Trinajstić information content (AvgIpc) is 2.48. The fraction of sp³-hybridized carbons (Fsp3) is 0.550. The minimum absolute atomic E-state index is 0.0874. The summed E-state index contributed by atoms with van der Waals surface area (Å²) in [6.45, 7) is 9.90.